The highest BCUT2D eigenvalue weighted by atomic mass is 79.9. The third-order valence-electron chi connectivity index (χ3n) is 3.37. The summed E-state index contributed by atoms with van der Waals surface area (Å²) in [6, 6.07) is 0. The molecule has 0 aromatic heterocycles. The van der Waals surface area contributed by atoms with E-state index in [9.17, 15) is 4.79 Å². The Morgan fingerprint density at radius 2 is 1.21 bits per heavy atom. The van der Waals surface area contributed by atoms with Crippen LogP contribution >= 0.6 is 15.9 Å². The zero-order valence-electron chi connectivity index (χ0n) is 12.6. The number of hydrogen-bond donors (Lipinski definition) is 0. The molecule has 0 spiro atoms. The smallest absolute Gasteiger partial charge is 0.316 e. The van der Waals surface area contributed by atoms with Gasteiger partial charge in [0.2, 0.25) is 0 Å². The minimum atomic E-state index is -0.150. The van der Waals surface area contributed by atoms with Gasteiger partial charge >= 0.3 is 5.97 Å². The van der Waals surface area contributed by atoms with E-state index in [1.807, 2.05) is 0 Å². The van der Waals surface area contributed by atoms with Crippen molar-refractivity contribution in [1.82, 2.24) is 0 Å². The minimum absolute atomic E-state index is 0.150. The summed E-state index contributed by atoms with van der Waals surface area (Å²) < 4.78 is 5.00. The third kappa shape index (κ3) is 15.9. The number of rotatable bonds is 14. The van der Waals surface area contributed by atoms with E-state index in [1.165, 1.54) is 70.6 Å². The maximum absolute atomic E-state index is 10.8. The van der Waals surface area contributed by atoms with Gasteiger partial charge in [0.25, 0.3) is 0 Å². The SMILES string of the molecule is CCCCCCCCCCCCCCOC(=O)CBr. The molecule has 0 aliphatic rings. The predicted octanol–water partition coefficient (Wildman–Crippen LogP) is 5.63. The summed E-state index contributed by atoms with van der Waals surface area (Å²) >= 11 is 3.08. The molecule has 0 N–H and O–H groups in total. The van der Waals surface area contributed by atoms with Crippen LogP contribution in [0.3, 0.4) is 0 Å². The normalized spacial score (nSPS) is 10.6. The van der Waals surface area contributed by atoms with E-state index in [1.54, 1.807) is 0 Å². The van der Waals surface area contributed by atoms with Crippen molar-refractivity contribution < 1.29 is 9.53 Å². The van der Waals surface area contributed by atoms with Crippen molar-refractivity contribution in [2.24, 2.45) is 0 Å². The van der Waals surface area contributed by atoms with Gasteiger partial charge in [0.1, 0.15) is 5.33 Å². The molecule has 0 aromatic carbocycles. The Bertz CT molecular complexity index is 195. The fraction of sp³-hybridized carbons (Fsp3) is 0.938. The average molecular weight is 335 g/mol. The Hall–Kier alpha value is -0.0500. The molecule has 0 aromatic rings. The molecule has 19 heavy (non-hydrogen) atoms. The number of hydrogen-bond acceptors (Lipinski definition) is 2. The van der Waals surface area contributed by atoms with Crippen molar-refractivity contribution in [3.05, 3.63) is 0 Å². The molecule has 0 aliphatic heterocycles. The topological polar surface area (TPSA) is 26.3 Å². The molecule has 0 saturated heterocycles. The summed E-state index contributed by atoms with van der Waals surface area (Å²) in [5.74, 6) is -0.150. The number of alkyl halides is 1. The van der Waals surface area contributed by atoms with Gasteiger partial charge in [0.15, 0.2) is 0 Å². The fourth-order valence-corrected chi connectivity index (χ4v) is 2.33. The lowest BCUT2D eigenvalue weighted by Crippen LogP contribution is -2.06. The van der Waals surface area contributed by atoms with Crippen LogP contribution in [-0.2, 0) is 9.53 Å². The van der Waals surface area contributed by atoms with Gasteiger partial charge < -0.3 is 4.74 Å². The van der Waals surface area contributed by atoms with Gasteiger partial charge in [-0.05, 0) is 6.42 Å². The number of halogens is 1. The van der Waals surface area contributed by atoms with Crippen LogP contribution in [-0.4, -0.2) is 17.9 Å². The van der Waals surface area contributed by atoms with Crippen molar-refractivity contribution >= 4 is 21.9 Å². The van der Waals surface area contributed by atoms with Crippen LogP contribution in [0.5, 0.6) is 0 Å². The van der Waals surface area contributed by atoms with Crippen LogP contribution in [0, 0.1) is 0 Å². The highest BCUT2D eigenvalue weighted by Gasteiger charge is 1.98. The first-order chi connectivity index (χ1) is 9.31. The van der Waals surface area contributed by atoms with Crippen LogP contribution in [0.1, 0.15) is 84.0 Å². The lowest BCUT2D eigenvalue weighted by atomic mass is 10.1. The predicted molar refractivity (Wildman–Crippen MR) is 85.8 cm³/mol. The Kier molecular flexibility index (Phi) is 16.0. The summed E-state index contributed by atoms with van der Waals surface area (Å²) in [4.78, 5) is 10.8. The van der Waals surface area contributed by atoms with E-state index >= 15 is 0 Å². The number of esters is 1. The van der Waals surface area contributed by atoms with Gasteiger partial charge in [0, 0.05) is 0 Å². The number of ether oxygens (including phenoxy) is 1. The van der Waals surface area contributed by atoms with Crippen LogP contribution in [0.15, 0.2) is 0 Å². The van der Waals surface area contributed by atoms with E-state index in [0.717, 1.165) is 6.42 Å². The summed E-state index contributed by atoms with van der Waals surface area (Å²) in [5, 5.41) is 0.311. The number of unbranched alkanes of at least 4 members (excludes halogenated alkanes) is 11. The highest BCUT2D eigenvalue weighted by Crippen LogP contribution is 2.11. The molecule has 0 rings (SSSR count). The molecule has 114 valence electrons. The Morgan fingerprint density at radius 1 is 0.789 bits per heavy atom. The number of carbonyl (C=O) groups is 1. The van der Waals surface area contributed by atoms with Gasteiger partial charge in [-0.15, -0.1) is 0 Å². The van der Waals surface area contributed by atoms with Gasteiger partial charge in [-0.1, -0.05) is 93.5 Å². The highest BCUT2D eigenvalue weighted by molar-refractivity contribution is 9.09. The van der Waals surface area contributed by atoms with Gasteiger partial charge in [-0.3, -0.25) is 4.79 Å². The average Bonchev–Trinajstić information content (AvgIpc) is 2.43. The zero-order valence-corrected chi connectivity index (χ0v) is 14.2. The van der Waals surface area contributed by atoms with Gasteiger partial charge in [-0.2, -0.15) is 0 Å². The summed E-state index contributed by atoms with van der Waals surface area (Å²) in [6.45, 7) is 2.85. The standard InChI is InChI=1S/C16H31BrO2/c1-2-3-4-5-6-7-8-9-10-11-12-13-14-19-16(18)15-17/h2-15H2,1H3. The Balaban J connectivity index is 2.97. The second-order valence-corrected chi connectivity index (χ2v) is 5.80. The zero-order chi connectivity index (χ0) is 14.2. The van der Waals surface area contributed by atoms with Crippen LogP contribution in [0.4, 0.5) is 0 Å². The van der Waals surface area contributed by atoms with Crippen molar-refractivity contribution in [3.8, 4) is 0 Å². The second kappa shape index (κ2) is 16.0. The molecule has 0 amide bonds. The Labute approximate surface area is 127 Å². The van der Waals surface area contributed by atoms with E-state index in [0.29, 0.717) is 11.9 Å². The second-order valence-electron chi connectivity index (χ2n) is 5.24. The molecule has 2 nitrogen and oxygen atoms in total. The monoisotopic (exact) mass is 334 g/mol. The van der Waals surface area contributed by atoms with Crippen molar-refractivity contribution in [1.29, 1.82) is 0 Å². The minimum Gasteiger partial charge on any atom is -0.465 e. The molecule has 0 heterocycles. The molecular weight excluding hydrogens is 304 g/mol. The number of carbonyl (C=O) groups excluding carboxylic acids is 1. The lowest BCUT2D eigenvalue weighted by molar-refractivity contribution is -0.140. The molecule has 0 radical (unpaired) electrons. The molecule has 0 unspecified atom stereocenters. The molecular formula is C16H31BrO2. The van der Waals surface area contributed by atoms with Crippen molar-refractivity contribution in [2.75, 3.05) is 11.9 Å². The Morgan fingerprint density at radius 3 is 1.63 bits per heavy atom. The van der Waals surface area contributed by atoms with Crippen molar-refractivity contribution in [3.63, 3.8) is 0 Å². The molecule has 0 aliphatic carbocycles. The summed E-state index contributed by atoms with van der Waals surface area (Å²) in [7, 11) is 0. The molecule has 0 saturated carbocycles. The molecule has 0 bridgehead atoms. The fourth-order valence-electron chi connectivity index (χ4n) is 2.17. The van der Waals surface area contributed by atoms with E-state index in [-0.39, 0.29) is 5.97 Å². The van der Waals surface area contributed by atoms with Crippen molar-refractivity contribution in [2.45, 2.75) is 84.0 Å². The lowest BCUT2D eigenvalue weighted by Gasteiger charge is -2.03. The molecule has 0 atom stereocenters. The first-order valence-electron chi connectivity index (χ1n) is 8.02. The molecule has 0 fully saturated rings. The maximum Gasteiger partial charge on any atom is 0.316 e. The first kappa shape index (κ1) is 18.9. The van der Waals surface area contributed by atoms with Crippen LogP contribution < -0.4 is 0 Å². The van der Waals surface area contributed by atoms with Gasteiger partial charge in [-0.25, -0.2) is 0 Å². The van der Waals surface area contributed by atoms with E-state index in [4.69, 9.17) is 4.74 Å². The maximum atomic E-state index is 10.8. The van der Waals surface area contributed by atoms with Crippen LogP contribution in [0.25, 0.3) is 0 Å². The van der Waals surface area contributed by atoms with E-state index < -0.39 is 0 Å². The van der Waals surface area contributed by atoms with Crippen LogP contribution in [0.2, 0.25) is 0 Å². The quantitative estimate of drug-likeness (QED) is 0.234. The summed E-state index contributed by atoms with van der Waals surface area (Å²) in [6.07, 6.45) is 16.0. The third-order valence-corrected chi connectivity index (χ3v) is 3.83. The molecule has 3 heteroatoms. The first-order valence-corrected chi connectivity index (χ1v) is 9.15. The van der Waals surface area contributed by atoms with Gasteiger partial charge in [0.05, 0.1) is 6.61 Å². The van der Waals surface area contributed by atoms with E-state index in [2.05, 4.69) is 22.9 Å². The largest absolute Gasteiger partial charge is 0.465 e. The summed E-state index contributed by atoms with van der Waals surface area (Å²) in [5.41, 5.74) is 0.